The number of amides is 1. The molecule has 4 rings (SSSR count). The lowest BCUT2D eigenvalue weighted by Gasteiger charge is -2.09. The zero-order valence-corrected chi connectivity index (χ0v) is 19.7. The van der Waals surface area contributed by atoms with Crippen molar-refractivity contribution in [3.05, 3.63) is 101 Å². The Labute approximate surface area is 202 Å². The Morgan fingerprint density at radius 2 is 1.79 bits per heavy atom. The van der Waals surface area contributed by atoms with Gasteiger partial charge in [0.25, 0.3) is 5.91 Å². The molecular formula is C26H23ClN4OS. The van der Waals surface area contributed by atoms with Crippen molar-refractivity contribution in [2.45, 2.75) is 18.6 Å². The van der Waals surface area contributed by atoms with Crippen LogP contribution in [0.25, 0.3) is 17.1 Å². The first kappa shape index (κ1) is 22.8. The number of aromatic nitrogens is 2. The van der Waals surface area contributed by atoms with Crippen LogP contribution in [-0.2, 0) is 11.3 Å². The number of nitrogens with one attached hydrogen (secondary N) is 1. The smallest absolute Gasteiger partial charge is 0.250 e. The molecule has 0 aliphatic rings. The number of fused-ring (bicyclic) bond motifs is 1. The van der Waals surface area contributed by atoms with Crippen molar-refractivity contribution in [1.29, 1.82) is 0 Å². The van der Waals surface area contributed by atoms with Crippen molar-refractivity contribution < 1.29 is 4.79 Å². The molecule has 3 aromatic carbocycles. The molecule has 0 aliphatic heterocycles. The fourth-order valence-electron chi connectivity index (χ4n) is 3.31. The van der Waals surface area contributed by atoms with E-state index in [-0.39, 0.29) is 11.7 Å². The summed E-state index contributed by atoms with van der Waals surface area (Å²) in [5.41, 5.74) is 7.66. The van der Waals surface area contributed by atoms with Crippen LogP contribution in [0.2, 0.25) is 5.02 Å². The molecule has 1 aromatic heterocycles. The first-order chi connectivity index (χ1) is 16.1. The zero-order chi connectivity index (χ0) is 23.0. The van der Waals surface area contributed by atoms with Gasteiger partial charge in [0.15, 0.2) is 5.16 Å². The van der Waals surface area contributed by atoms with E-state index in [2.05, 4.69) is 15.1 Å². The highest BCUT2D eigenvalue weighted by molar-refractivity contribution is 7.99. The summed E-state index contributed by atoms with van der Waals surface area (Å²) in [5, 5.41) is 5.56. The number of para-hydroxylation sites is 2. The summed E-state index contributed by atoms with van der Waals surface area (Å²) >= 11 is 7.41. The Balaban J connectivity index is 1.40. The van der Waals surface area contributed by atoms with Crippen LogP contribution in [-0.4, -0.2) is 27.4 Å². The van der Waals surface area contributed by atoms with Crippen molar-refractivity contribution in [3.8, 4) is 0 Å². The van der Waals surface area contributed by atoms with E-state index in [0.717, 1.165) is 32.9 Å². The lowest BCUT2D eigenvalue weighted by molar-refractivity contribution is -0.118. The van der Waals surface area contributed by atoms with Crippen molar-refractivity contribution in [1.82, 2.24) is 15.0 Å². The fourth-order valence-corrected chi connectivity index (χ4v) is 4.24. The molecule has 0 saturated heterocycles. The minimum atomic E-state index is -0.186. The average molecular weight is 475 g/mol. The maximum atomic E-state index is 12.4. The molecule has 4 aromatic rings. The van der Waals surface area contributed by atoms with Gasteiger partial charge in [0.1, 0.15) is 0 Å². The highest BCUT2D eigenvalue weighted by Crippen LogP contribution is 2.25. The Bertz CT molecular complexity index is 1300. The highest BCUT2D eigenvalue weighted by Gasteiger charge is 2.13. The molecule has 33 heavy (non-hydrogen) atoms. The summed E-state index contributed by atoms with van der Waals surface area (Å²) in [6.45, 7) is 2.58. The minimum absolute atomic E-state index is 0.186. The first-order valence-corrected chi connectivity index (χ1v) is 11.8. The fraction of sp³-hybridized carbons (Fsp3) is 0.115. The van der Waals surface area contributed by atoms with Crippen LogP contribution < -0.4 is 5.43 Å². The Morgan fingerprint density at radius 3 is 2.58 bits per heavy atom. The predicted octanol–water partition coefficient (Wildman–Crippen LogP) is 6.04. The van der Waals surface area contributed by atoms with Gasteiger partial charge in [0.05, 0.1) is 29.5 Å². The molecule has 0 bridgehead atoms. The molecule has 7 heteroatoms. The molecule has 166 valence electrons. The number of rotatable bonds is 8. The number of hydrogen-bond donors (Lipinski definition) is 1. The van der Waals surface area contributed by atoms with Crippen LogP contribution in [0.3, 0.4) is 0 Å². The molecular weight excluding hydrogens is 452 g/mol. The van der Waals surface area contributed by atoms with Gasteiger partial charge in [-0.25, -0.2) is 10.4 Å². The van der Waals surface area contributed by atoms with E-state index in [1.807, 2.05) is 91.9 Å². The zero-order valence-electron chi connectivity index (χ0n) is 18.1. The summed E-state index contributed by atoms with van der Waals surface area (Å²) in [7, 11) is 0. The van der Waals surface area contributed by atoms with Gasteiger partial charge in [-0.3, -0.25) is 4.79 Å². The maximum absolute atomic E-state index is 12.4. The van der Waals surface area contributed by atoms with Gasteiger partial charge in [-0.2, -0.15) is 5.10 Å². The Morgan fingerprint density at radius 1 is 1.06 bits per heavy atom. The molecule has 0 atom stereocenters. The summed E-state index contributed by atoms with van der Waals surface area (Å²) in [4.78, 5) is 17.1. The normalized spacial score (nSPS) is 11.9. The van der Waals surface area contributed by atoms with E-state index in [1.54, 1.807) is 6.21 Å². The molecule has 0 radical (unpaired) electrons. The van der Waals surface area contributed by atoms with Crippen molar-refractivity contribution in [2.24, 2.45) is 5.10 Å². The van der Waals surface area contributed by atoms with Gasteiger partial charge in [0, 0.05) is 5.02 Å². The van der Waals surface area contributed by atoms with Crippen molar-refractivity contribution in [3.63, 3.8) is 0 Å². The monoisotopic (exact) mass is 474 g/mol. The number of halogens is 1. The van der Waals surface area contributed by atoms with E-state index >= 15 is 0 Å². The third kappa shape index (κ3) is 6.34. The predicted molar refractivity (Wildman–Crippen MR) is 138 cm³/mol. The topological polar surface area (TPSA) is 59.3 Å². The van der Waals surface area contributed by atoms with Crippen LogP contribution >= 0.6 is 23.4 Å². The lowest BCUT2D eigenvalue weighted by atomic mass is 10.1. The quantitative estimate of drug-likeness (QED) is 0.192. The second-order valence-electron chi connectivity index (χ2n) is 7.48. The molecule has 5 nitrogen and oxygen atoms in total. The molecule has 0 fully saturated rings. The van der Waals surface area contributed by atoms with Crippen LogP contribution in [0.5, 0.6) is 0 Å². The van der Waals surface area contributed by atoms with Gasteiger partial charge < -0.3 is 4.57 Å². The number of nitrogens with zero attached hydrogens (tertiary/aromatic N) is 3. The molecule has 0 aliphatic carbocycles. The van der Waals surface area contributed by atoms with Gasteiger partial charge >= 0.3 is 0 Å². The summed E-state index contributed by atoms with van der Waals surface area (Å²) in [6.07, 6.45) is 3.65. The van der Waals surface area contributed by atoms with Crippen molar-refractivity contribution >= 4 is 52.6 Å². The number of benzene rings is 3. The van der Waals surface area contributed by atoms with E-state index in [9.17, 15) is 4.79 Å². The third-order valence-corrected chi connectivity index (χ3v) is 6.09. The minimum Gasteiger partial charge on any atom is -0.314 e. The number of imidazole rings is 1. The largest absolute Gasteiger partial charge is 0.314 e. The third-order valence-electron chi connectivity index (χ3n) is 4.86. The SMILES string of the molecule is CC(/C=N\NC(=O)CSc1nc2ccccc2n1Cc1ccc(Cl)cc1)=C/c1ccccc1. The number of hydrazone groups is 1. The molecule has 1 heterocycles. The van der Waals surface area contributed by atoms with Gasteiger partial charge in [-0.05, 0) is 47.9 Å². The van der Waals surface area contributed by atoms with Gasteiger partial charge in [-0.15, -0.1) is 0 Å². The van der Waals surface area contributed by atoms with Crippen molar-refractivity contribution in [2.75, 3.05) is 5.75 Å². The Kier molecular flexibility index (Phi) is 7.60. The summed E-state index contributed by atoms with van der Waals surface area (Å²) in [5.74, 6) is 0.0248. The summed E-state index contributed by atoms with van der Waals surface area (Å²) in [6, 6.07) is 25.7. The van der Waals surface area contributed by atoms with Gasteiger partial charge in [-0.1, -0.05) is 84.0 Å². The average Bonchev–Trinajstić information content (AvgIpc) is 3.17. The number of allylic oxidation sites excluding steroid dienone is 1. The van der Waals surface area contributed by atoms with E-state index in [4.69, 9.17) is 16.6 Å². The highest BCUT2D eigenvalue weighted by atomic mass is 35.5. The molecule has 1 N–H and O–H groups in total. The number of carbonyl (C=O) groups excluding carboxylic acids is 1. The van der Waals surface area contributed by atoms with E-state index < -0.39 is 0 Å². The van der Waals surface area contributed by atoms with Gasteiger partial charge in [0.2, 0.25) is 0 Å². The standard InChI is InChI=1S/C26H23ClN4OS/c1-19(15-20-7-3-2-4-8-20)16-28-30-25(32)18-33-26-29-23-9-5-6-10-24(23)31(26)17-21-11-13-22(27)14-12-21/h2-16H,17-18H2,1H3,(H,30,32)/b19-15-,28-16-. The molecule has 0 spiro atoms. The van der Waals surface area contributed by atoms with E-state index in [1.165, 1.54) is 11.8 Å². The second-order valence-corrected chi connectivity index (χ2v) is 8.86. The molecule has 1 amide bonds. The number of carbonyl (C=O) groups is 1. The number of hydrogen-bond acceptors (Lipinski definition) is 4. The summed E-state index contributed by atoms with van der Waals surface area (Å²) < 4.78 is 2.12. The molecule has 0 unspecified atom stereocenters. The first-order valence-electron chi connectivity index (χ1n) is 10.5. The molecule has 0 saturated carbocycles. The van der Waals surface area contributed by atoms with Crippen LogP contribution in [0.15, 0.2) is 94.7 Å². The lowest BCUT2D eigenvalue weighted by Crippen LogP contribution is -2.20. The van der Waals surface area contributed by atoms with Crippen LogP contribution in [0, 0.1) is 0 Å². The Hall–Kier alpha value is -3.35. The second kappa shape index (κ2) is 11.0. The van der Waals surface area contributed by atoms with Crippen LogP contribution in [0.1, 0.15) is 18.1 Å². The maximum Gasteiger partial charge on any atom is 0.250 e. The van der Waals surface area contributed by atoms with Crippen LogP contribution in [0.4, 0.5) is 0 Å². The number of thioether (sulfide) groups is 1. The van der Waals surface area contributed by atoms with E-state index in [0.29, 0.717) is 11.6 Å².